The quantitative estimate of drug-likeness (QED) is 0.0532. The molecular formula is C41H37F3N6O4S4. The first-order chi connectivity index (χ1) is 27.8. The number of carbonyl (C=O) groups excluding carboxylic acids is 2. The van der Waals surface area contributed by atoms with Crippen LogP contribution in [0.2, 0.25) is 0 Å². The minimum absolute atomic E-state index is 0.140. The van der Waals surface area contributed by atoms with Crippen molar-refractivity contribution in [1.82, 2.24) is 14.5 Å². The summed E-state index contributed by atoms with van der Waals surface area (Å²) >= 11 is 5.27. The molecule has 0 spiro atoms. The van der Waals surface area contributed by atoms with Gasteiger partial charge in [0, 0.05) is 43.7 Å². The number of thiazole rings is 1. The smallest absolute Gasteiger partial charge is 0.416 e. The van der Waals surface area contributed by atoms with E-state index in [0.29, 0.717) is 41.4 Å². The van der Waals surface area contributed by atoms with Gasteiger partial charge in [0.1, 0.15) is 20.8 Å². The molecule has 0 saturated heterocycles. The Bertz CT molecular complexity index is 2560. The summed E-state index contributed by atoms with van der Waals surface area (Å²) in [5, 5.41) is 2.06. The highest BCUT2D eigenvalue weighted by Gasteiger charge is 2.34. The SMILES string of the molecule is CCN(C)C(=Nc1ccccc1)S/C(C=O)=C1/Sc2cc(C(F)(F)F)ccc2N1C.COC(=O)Cn1c(=O)/c(=C2\Sc3ccccc3N2C)s/c1=C\c1ccccn1. The van der Waals surface area contributed by atoms with Crippen molar-refractivity contribution < 1.29 is 27.5 Å². The molecule has 3 aromatic carbocycles. The first kappa shape index (κ1) is 42.4. The van der Waals surface area contributed by atoms with Crippen LogP contribution < -0.4 is 24.6 Å². The van der Waals surface area contributed by atoms with E-state index in [-0.39, 0.29) is 12.1 Å². The maximum atomic E-state index is 13.2. The molecule has 2 aliphatic rings. The lowest BCUT2D eigenvalue weighted by Gasteiger charge is -2.21. The van der Waals surface area contributed by atoms with E-state index in [0.717, 1.165) is 57.2 Å². The van der Waals surface area contributed by atoms with Gasteiger partial charge in [-0.1, -0.05) is 59.9 Å². The molecule has 300 valence electrons. The highest BCUT2D eigenvalue weighted by atomic mass is 32.2. The van der Waals surface area contributed by atoms with Crippen LogP contribution in [0.4, 0.5) is 30.2 Å². The van der Waals surface area contributed by atoms with Crippen molar-refractivity contribution in [3.8, 4) is 0 Å². The first-order valence-corrected chi connectivity index (χ1v) is 20.9. The van der Waals surface area contributed by atoms with Crippen molar-refractivity contribution >= 4 is 92.2 Å². The Hall–Kier alpha value is -5.23. The van der Waals surface area contributed by atoms with Crippen LogP contribution in [0, 0.1) is 0 Å². The molecule has 0 fully saturated rings. The van der Waals surface area contributed by atoms with E-state index < -0.39 is 17.7 Å². The Labute approximate surface area is 349 Å². The van der Waals surface area contributed by atoms with Crippen molar-refractivity contribution in [1.29, 1.82) is 0 Å². The minimum Gasteiger partial charge on any atom is -0.468 e. The standard InChI is InChI=1S/C21H20F3N3OS2.C20H17N3O3S2/c1-4-26(2)20(25-15-8-6-5-7-9-15)30-18(13-28)19-27(3)16-11-10-14(21(22,23)24)12-17(16)29-19;1-22-14-8-3-4-9-15(14)27-20(22)18-19(25)23(12-17(24)26-2)16(28-18)11-13-7-5-6-10-21-13/h5-13H,4H2,1-3H3;3-11H,12H2,1-2H3/b19-18+,25-20?;16-11-,20-18+. The summed E-state index contributed by atoms with van der Waals surface area (Å²) in [6.07, 6.45) is -0.187. The van der Waals surface area contributed by atoms with Crippen LogP contribution in [0.15, 0.2) is 127 Å². The van der Waals surface area contributed by atoms with Crippen LogP contribution in [-0.4, -0.2) is 66.7 Å². The van der Waals surface area contributed by atoms with Gasteiger partial charge >= 0.3 is 12.1 Å². The maximum Gasteiger partial charge on any atom is 0.416 e. The molecule has 0 radical (unpaired) electrons. The van der Waals surface area contributed by atoms with E-state index in [4.69, 9.17) is 4.74 Å². The average molecular weight is 863 g/mol. The highest BCUT2D eigenvalue weighted by Crippen LogP contribution is 2.49. The Morgan fingerprint density at radius 3 is 2.31 bits per heavy atom. The van der Waals surface area contributed by atoms with Gasteiger partial charge in [-0.2, -0.15) is 13.2 Å². The molecule has 0 amide bonds. The molecule has 10 nitrogen and oxygen atoms in total. The second-order valence-corrected chi connectivity index (χ2v) is 16.6. The predicted octanol–water partition coefficient (Wildman–Crippen LogP) is 7.60. The Balaban J connectivity index is 0.000000196. The summed E-state index contributed by atoms with van der Waals surface area (Å²) in [7, 11) is 6.87. The molecule has 2 aromatic heterocycles. The summed E-state index contributed by atoms with van der Waals surface area (Å²) in [6.45, 7) is 2.51. The molecule has 5 aromatic rings. The number of esters is 1. The maximum absolute atomic E-state index is 13.2. The molecule has 0 unspecified atom stereocenters. The third kappa shape index (κ3) is 9.55. The minimum atomic E-state index is -4.41. The molecule has 4 heterocycles. The lowest BCUT2D eigenvalue weighted by molar-refractivity contribution is -0.141. The summed E-state index contributed by atoms with van der Waals surface area (Å²) in [5.41, 5.74) is 2.25. The van der Waals surface area contributed by atoms with Crippen molar-refractivity contribution in [3.63, 3.8) is 0 Å². The number of alkyl halides is 3. The number of benzene rings is 3. The highest BCUT2D eigenvalue weighted by molar-refractivity contribution is 8.18. The normalized spacial score (nSPS) is 15.7. The Morgan fingerprint density at radius 1 is 0.948 bits per heavy atom. The summed E-state index contributed by atoms with van der Waals surface area (Å²) in [6, 6.07) is 26.6. The fraction of sp³-hybridized carbons (Fsp3) is 0.195. The van der Waals surface area contributed by atoms with Gasteiger partial charge < -0.3 is 19.4 Å². The van der Waals surface area contributed by atoms with E-state index in [1.54, 1.807) is 29.9 Å². The number of carbonyl (C=O) groups is 2. The van der Waals surface area contributed by atoms with E-state index in [1.807, 2.05) is 110 Å². The Kier molecular flexibility index (Phi) is 13.6. The van der Waals surface area contributed by atoms with Gasteiger partial charge in [-0.15, -0.1) is 11.3 Å². The van der Waals surface area contributed by atoms with Crippen molar-refractivity contribution in [3.05, 3.63) is 138 Å². The fourth-order valence-corrected chi connectivity index (χ4v) is 10.2. The molecule has 0 saturated carbocycles. The lowest BCUT2D eigenvalue weighted by Crippen LogP contribution is -2.36. The molecule has 2 aliphatic heterocycles. The number of fused-ring (bicyclic) bond motifs is 2. The second kappa shape index (κ2) is 18.6. The monoisotopic (exact) mass is 862 g/mol. The van der Waals surface area contributed by atoms with Crippen LogP contribution in [0.1, 0.15) is 18.2 Å². The third-order valence-electron chi connectivity index (χ3n) is 8.78. The number of ether oxygens (including phenoxy) is 1. The zero-order valence-electron chi connectivity index (χ0n) is 31.9. The predicted molar refractivity (Wildman–Crippen MR) is 230 cm³/mol. The number of rotatable bonds is 7. The number of thioether (sulfide) groups is 3. The number of aliphatic imine (C=N–C) groups is 1. The molecule has 58 heavy (non-hydrogen) atoms. The number of methoxy groups -OCH3 is 1. The van der Waals surface area contributed by atoms with Gasteiger partial charge in [0.2, 0.25) is 0 Å². The molecule has 17 heteroatoms. The van der Waals surface area contributed by atoms with E-state index in [9.17, 15) is 27.6 Å². The zero-order valence-corrected chi connectivity index (χ0v) is 35.2. The summed E-state index contributed by atoms with van der Waals surface area (Å²) in [4.78, 5) is 53.6. The average Bonchev–Trinajstić information content (AvgIpc) is 3.85. The number of hydrogen-bond acceptors (Lipinski definition) is 12. The number of anilines is 2. The Morgan fingerprint density at radius 2 is 1.66 bits per heavy atom. The van der Waals surface area contributed by atoms with Crippen LogP contribution in [0.5, 0.6) is 0 Å². The number of halogens is 3. The van der Waals surface area contributed by atoms with E-state index in [1.165, 1.54) is 40.8 Å². The number of aromatic nitrogens is 2. The number of hydrogen-bond donors (Lipinski definition) is 0. The molecule has 0 bridgehead atoms. The largest absolute Gasteiger partial charge is 0.468 e. The van der Waals surface area contributed by atoms with Crippen molar-refractivity contribution in [2.75, 3.05) is 44.6 Å². The van der Waals surface area contributed by atoms with Crippen LogP contribution in [-0.2, 0) is 27.0 Å². The molecule has 0 N–H and O–H groups in total. The van der Waals surface area contributed by atoms with Crippen LogP contribution in [0.3, 0.4) is 0 Å². The van der Waals surface area contributed by atoms with Gasteiger partial charge in [-0.3, -0.25) is 23.9 Å². The third-order valence-corrected chi connectivity index (χ3v) is 13.7. The van der Waals surface area contributed by atoms with Crippen molar-refractivity contribution in [2.45, 2.75) is 29.4 Å². The summed E-state index contributed by atoms with van der Waals surface area (Å²) in [5.74, 6) is -0.470. The number of amidine groups is 1. The summed E-state index contributed by atoms with van der Waals surface area (Å²) < 4.78 is 46.7. The van der Waals surface area contributed by atoms with Crippen LogP contribution in [0.25, 0.3) is 11.1 Å². The van der Waals surface area contributed by atoms with Gasteiger partial charge in [0.25, 0.3) is 5.56 Å². The number of para-hydroxylation sites is 2. The van der Waals surface area contributed by atoms with Crippen molar-refractivity contribution in [2.24, 2.45) is 4.99 Å². The van der Waals surface area contributed by atoms with Gasteiger partial charge in [-0.05, 0) is 79.4 Å². The molecule has 0 atom stereocenters. The lowest BCUT2D eigenvalue weighted by atomic mass is 10.2. The first-order valence-electron chi connectivity index (χ1n) is 17.6. The van der Waals surface area contributed by atoms with Gasteiger partial charge in [0.15, 0.2) is 11.5 Å². The van der Waals surface area contributed by atoms with Crippen LogP contribution >= 0.6 is 46.6 Å². The molecule has 7 rings (SSSR count). The number of aldehydes is 1. The van der Waals surface area contributed by atoms with Gasteiger partial charge in [-0.25, -0.2) is 4.99 Å². The zero-order chi connectivity index (χ0) is 41.6. The fourth-order valence-electron chi connectivity index (χ4n) is 5.60. The molecule has 0 aliphatic carbocycles. The number of nitrogens with zero attached hydrogens (tertiary/aromatic N) is 6. The van der Waals surface area contributed by atoms with E-state index in [2.05, 4.69) is 9.98 Å². The second-order valence-electron chi connectivity index (χ2n) is 12.5. The number of allylic oxidation sites excluding steroid dienone is 1. The number of pyridine rings is 1. The van der Waals surface area contributed by atoms with E-state index >= 15 is 0 Å². The van der Waals surface area contributed by atoms with Gasteiger partial charge in [0.05, 0.1) is 45.4 Å². The molecular weight excluding hydrogens is 826 g/mol. The topological polar surface area (TPSA) is 100 Å².